The van der Waals surface area contributed by atoms with Gasteiger partial charge >= 0.3 is 0 Å². The fraction of sp³-hybridized carbons (Fsp3) is 0.300. The maximum atomic E-state index is 12.8. The largest absolute Gasteiger partial charge is 0.339 e. The third kappa shape index (κ3) is 3.49. The lowest BCUT2D eigenvalue weighted by atomic mass is 9.88. The normalized spacial score (nSPS) is 14.9. The van der Waals surface area contributed by atoms with Crippen LogP contribution in [-0.2, 0) is 0 Å². The first-order valence-corrected chi connectivity index (χ1v) is 8.61. The molecule has 0 bridgehead atoms. The van der Waals surface area contributed by atoms with Crippen molar-refractivity contribution < 1.29 is 14.5 Å². The van der Waals surface area contributed by atoms with Crippen LogP contribution in [-0.4, -0.2) is 34.6 Å². The molecule has 0 N–H and O–H groups in total. The fourth-order valence-corrected chi connectivity index (χ4v) is 3.41. The number of rotatable bonds is 4. The summed E-state index contributed by atoms with van der Waals surface area (Å²) in [5, 5.41) is 11.1. The van der Waals surface area contributed by atoms with Gasteiger partial charge in [0.2, 0.25) is 0 Å². The molecular formula is C20H20N2O4. The predicted molar refractivity (Wildman–Crippen MR) is 97.2 cm³/mol. The van der Waals surface area contributed by atoms with E-state index in [9.17, 15) is 19.7 Å². The zero-order valence-corrected chi connectivity index (χ0v) is 14.6. The summed E-state index contributed by atoms with van der Waals surface area (Å²) in [6, 6.07) is 13.7. The Morgan fingerprint density at radius 3 is 2.31 bits per heavy atom. The number of likely N-dealkylation sites (tertiary alicyclic amines) is 1. The molecule has 6 heteroatoms. The van der Waals surface area contributed by atoms with Crippen LogP contribution in [0.25, 0.3) is 0 Å². The molecule has 0 unspecified atom stereocenters. The minimum Gasteiger partial charge on any atom is -0.339 e. The molecular weight excluding hydrogens is 332 g/mol. The minimum atomic E-state index is -0.475. The van der Waals surface area contributed by atoms with Crippen LogP contribution in [0.5, 0.6) is 0 Å². The van der Waals surface area contributed by atoms with Gasteiger partial charge in [0, 0.05) is 41.8 Å². The van der Waals surface area contributed by atoms with Gasteiger partial charge in [0.15, 0.2) is 5.78 Å². The number of carbonyl (C=O) groups excluding carboxylic acids is 2. The van der Waals surface area contributed by atoms with Crippen molar-refractivity contribution in [3.8, 4) is 0 Å². The van der Waals surface area contributed by atoms with Gasteiger partial charge in [-0.25, -0.2) is 0 Å². The zero-order chi connectivity index (χ0) is 18.7. The van der Waals surface area contributed by atoms with E-state index in [4.69, 9.17) is 0 Å². The maximum Gasteiger partial charge on any atom is 0.273 e. The van der Waals surface area contributed by atoms with Crippen molar-refractivity contribution in [2.24, 2.45) is 5.92 Å². The van der Waals surface area contributed by atoms with Gasteiger partial charge in [0.1, 0.15) is 0 Å². The number of carbonyl (C=O) groups is 2. The van der Waals surface area contributed by atoms with Crippen molar-refractivity contribution >= 4 is 17.4 Å². The number of hydrogen-bond acceptors (Lipinski definition) is 4. The van der Waals surface area contributed by atoms with Gasteiger partial charge < -0.3 is 4.90 Å². The van der Waals surface area contributed by atoms with Gasteiger partial charge in [0.05, 0.1) is 4.92 Å². The Labute approximate surface area is 151 Å². The molecule has 0 saturated carbocycles. The van der Waals surface area contributed by atoms with Gasteiger partial charge in [-0.15, -0.1) is 0 Å². The van der Waals surface area contributed by atoms with Crippen molar-refractivity contribution in [2.75, 3.05) is 13.1 Å². The molecule has 2 aromatic carbocycles. The number of nitrogens with zero attached hydrogens (tertiary/aromatic N) is 2. The van der Waals surface area contributed by atoms with E-state index in [-0.39, 0.29) is 23.3 Å². The lowest BCUT2D eigenvalue weighted by Crippen LogP contribution is -2.40. The number of nitro benzene ring substituents is 1. The molecule has 1 heterocycles. The second-order valence-corrected chi connectivity index (χ2v) is 6.50. The molecule has 0 spiro atoms. The van der Waals surface area contributed by atoms with Crippen LogP contribution < -0.4 is 0 Å². The van der Waals surface area contributed by atoms with Gasteiger partial charge in [-0.05, 0) is 25.8 Å². The van der Waals surface area contributed by atoms with E-state index in [1.54, 1.807) is 17.9 Å². The molecule has 3 rings (SSSR count). The van der Waals surface area contributed by atoms with E-state index in [1.807, 2.05) is 30.3 Å². The van der Waals surface area contributed by atoms with E-state index in [1.165, 1.54) is 12.1 Å². The summed E-state index contributed by atoms with van der Waals surface area (Å²) in [5.74, 6) is -0.186. The number of Topliss-reactive ketones (excluding diaryl/α,β-unsaturated/α-hetero) is 1. The molecule has 26 heavy (non-hydrogen) atoms. The number of hydrogen-bond donors (Lipinski definition) is 0. The molecule has 1 aliphatic rings. The third-order valence-corrected chi connectivity index (χ3v) is 4.94. The molecule has 0 aliphatic carbocycles. The van der Waals surface area contributed by atoms with Crippen LogP contribution in [0.3, 0.4) is 0 Å². The van der Waals surface area contributed by atoms with Gasteiger partial charge in [-0.3, -0.25) is 19.7 Å². The monoisotopic (exact) mass is 352 g/mol. The highest BCUT2D eigenvalue weighted by atomic mass is 16.6. The van der Waals surface area contributed by atoms with Gasteiger partial charge in [0.25, 0.3) is 11.6 Å². The van der Waals surface area contributed by atoms with Crippen LogP contribution in [0.4, 0.5) is 5.69 Å². The summed E-state index contributed by atoms with van der Waals surface area (Å²) >= 11 is 0. The third-order valence-electron chi connectivity index (χ3n) is 4.94. The van der Waals surface area contributed by atoms with E-state index >= 15 is 0 Å². The Bertz CT molecular complexity index is 840. The summed E-state index contributed by atoms with van der Waals surface area (Å²) in [5.41, 5.74) is 1.38. The van der Waals surface area contributed by atoms with Crippen LogP contribution in [0.2, 0.25) is 0 Å². The van der Waals surface area contributed by atoms with Crippen molar-refractivity contribution in [3.05, 3.63) is 75.3 Å². The first-order chi connectivity index (χ1) is 12.5. The summed E-state index contributed by atoms with van der Waals surface area (Å²) in [4.78, 5) is 37.6. The summed E-state index contributed by atoms with van der Waals surface area (Å²) in [7, 11) is 0. The van der Waals surface area contributed by atoms with Crippen molar-refractivity contribution in [1.82, 2.24) is 4.90 Å². The van der Waals surface area contributed by atoms with Crippen molar-refractivity contribution in [2.45, 2.75) is 19.8 Å². The number of ketones is 1. The Hall–Kier alpha value is -3.02. The van der Waals surface area contributed by atoms with Gasteiger partial charge in [-0.1, -0.05) is 36.4 Å². The molecule has 1 amide bonds. The lowest BCUT2D eigenvalue weighted by Gasteiger charge is -2.31. The highest BCUT2D eigenvalue weighted by Gasteiger charge is 2.29. The average Bonchev–Trinajstić information content (AvgIpc) is 2.67. The number of piperidine rings is 1. The molecule has 0 aromatic heterocycles. The molecule has 1 fully saturated rings. The smallest absolute Gasteiger partial charge is 0.273 e. The number of benzene rings is 2. The SMILES string of the molecule is Cc1c(C(=O)N2CCC(C(=O)c3ccccc3)CC2)cccc1[N+](=O)[O-]. The van der Waals surface area contributed by atoms with E-state index < -0.39 is 4.92 Å². The summed E-state index contributed by atoms with van der Waals surface area (Å²) in [6.45, 7) is 2.55. The standard InChI is InChI=1S/C20H20N2O4/c1-14-17(8-5-9-18(14)22(25)26)20(24)21-12-10-16(11-13-21)19(23)15-6-3-2-4-7-15/h2-9,16H,10-13H2,1H3. The number of amides is 1. The van der Waals surface area contributed by atoms with E-state index in [0.717, 1.165) is 0 Å². The fourth-order valence-electron chi connectivity index (χ4n) is 3.41. The highest BCUT2D eigenvalue weighted by Crippen LogP contribution is 2.26. The second kappa shape index (κ2) is 7.47. The Morgan fingerprint density at radius 1 is 1.04 bits per heavy atom. The topological polar surface area (TPSA) is 80.5 Å². The quantitative estimate of drug-likeness (QED) is 0.478. The molecule has 0 radical (unpaired) electrons. The predicted octanol–water partition coefficient (Wildman–Crippen LogP) is 3.64. The van der Waals surface area contributed by atoms with Crippen LogP contribution >= 0.6 is 0 Å². The second-order valence-electron chi connectivity index (χ2n) is 6.50. The molecule has 0 atom stereocenters. The van der Waals surface area contributed by atoms with Crippen molar-refractivity contribution in [3.63, 3.8) is 0 Å². The molecule has 6 nitrogen and oxygen atoms in total. The highest BCUT2D eigenvalue weighted by molar-refractivity contribution is 5.99. The first kappa shape index (κ1) is 17.8. The van der Waals surface area contributed by atoms with Crippen molar-refractivity contribution in [1.29, 1.82) is 0 Å². The van der Waals surface area contributed by atoms with E-state index in [0.29, 0.717) is 42.6 Å². The molecule has 1 saturated heterocycles. The van der Waals surface area contributed by atoms with Crippen LogP contribution in [0.15, 0.2) is 48.5 Å². The van der Waals surface area contributed by atoms with Crippen LogP contribution in [0, 0.1) is 23.0 Å². The molecule has 2 aromatic rings. The first-order valence-electron chi connectivity index (χ1n) is 8.61. The van der Waals surface area contributed by atoms with Crippen LogP contribution in [0.1, 0.15) is 39.1 Å². The molecule has 1 aliphatic heterocycles. The summed E-state index contributed by atoms with van der Waals surface area (Å²) in [6.07, 6.45) is 1.21. The molecule has 134 valence electrons. The van der Waals surface area contributed by atoms with E-state index in [2.05, 4.69) is 0 Å². The Morgan fingerprint density at radius 2 is 1.69 bits per heavy atom. The van der Waals surface area contributed by atoms with Gasteiger partial charge in [-0.2, -0.15) is 0 Å². The number of nitro groups is 1. The zero-order valence-electron chi connectivity index (χ0n) is 14.6. The Balaban J connectivity index is 1.69. The minimum absolute atomic E-state index is 0.0509. The Kier molecular flexibility index (Phi) is 5.11. The summed E-state index contributed by atoms with van der Waals surface area (Å²) < 4.78 is 0. The average molecular weight is 352 g/mol. The lowest BCUT2D eigenvalue weighted by molar-refractivity contribution is -0.385. The maximum absolute atomic E-state index is 12.8.